The summed E-state index contributed by atoms with van der Waals surface area (Å²) in [6, 6.07) is 0. The van der Waals surface area contributed by atoms with Gasteiger partial charge in [0, 0.05) is 0 Å². The molecular formula is C12H24O6S4. The van der Waals surface area contributed by atoms with Crippen molar-refractivity contribution in [2.24, 2.45) is 0 Å². The van der Waals surface area contributed by atoms with Gasteiger partial charge in [0.25, 0.3) is 0 Å². The highest BCUT2D eigenvalue weighted by atomic mass is 32.2. The van der Waals surface area contributed by atoms with E-state index in [0.717, 1.165) is 0 Å². The van der Waals surface area contributed by atoms with Crippen LogP contribution in [-0.2, 0) is 19.1 Å². The zero-order chi connectivity index (χ0) is 17.8. The van der Waals surface area contributed by atoms with Crippen LogP contribution in [0.5, 0.6) is 0 Å². The minimum absolute atomic E-state index is 0.125. The largest absolute Gasteiger partial charge is 0.464 e. The van der Waals surface area contributed by atoms with Crippen LogP contribution in [0.1, 0.15) is 26.7 Å². The maximum atomic E-state index is 11.3. The first kappa shape index (κ1) is 24.5. The average Bonchev–Trinajstić information content (AvgIpc) is 2.40. The molecule has 22 heavy (non-hydrogen) atoms. The van der Waals surface area contributed by atoms with Gasteiger partial charge in [-0.25, -0.2) is 9.59 Å². The summed E-state index contributed by atoms with van der Waals surface area (Å²) in [5.74, 6) is -0.992. The second-order valence-corrected chi connectivity index (χ2v) is 8.75. The van der Waals surface area contributed by atoms with Crippen LogP contribution >= 0.6 is 50.5 Å². The molecule has 0 unspecified atom stereocenters. The normalized spacial score (nSPS) is 11.3. The number of esters is 2. The summed E-state index contributed by atoms with van der Waals surface area (Å²) in [6.07, 6.45) is 1.18. The predicted molar refractivity (Wildman–Crippen MR) is 98.1 cm³/mol. The number of aliphatic hydroxyl groups excluding tert-OH is 2. The minimum Gasteiger partial charge on any atom is -0.464 e. The van der Waals surface area contributed by atoms with E-state index in [1.807, 2.05) is 0 Å². The van der Waals surface area contributed by atoms with Crippen molar-refractivity contribution in [3.63, 3.8) is 0 Å². The Balaban J connectivity index is 0. The average molecular weight is 393 g/mol. The standard InChI is InChI=1S/C10H18O4S4.C2H6O2/c1-9(15,16)7(11)13-5-3-4-6-14-8(12)10(2,17)18;3-1-2-4/h15-18H,3-6H2,1-2H3;3-4H,1-2H2. The Morgan fingerprint density at radius 3 is 1.27 bits per heavy atom. The molecule has 0 aromatic carbocycles. The smallest absolute Gasteiger partial charge is 0.331 e. The van der Waals surface area contributed by atoms with Gasteiger partial charge in [-0.1, -0.05) is 0 Å². The summed E-state index contributed by atoms with van der Waals surface area (Å²) in [5, 5.41) is 15.2. The van der Waals surface area contributed by atoms with Crippen LogP contribution < -0.4 is 0 Å². The zero-order valence-electron chi connectivity index (χ0n) is 12.6. The summed E-state index contributed by atoms with van der Waals surface area (Å²) in [7, 11) is 0. The Morgan fingerprint density at radius 1 is 0.818 bits per heavy atom. The van der Waals surface area contributed by atoms with Gasteiger partial charge in [-0.3, -0.25) is 0 Å². The highest BCUT2D eigenvalue weighted by molar-refractivity contribution is 8.02. The molecule has 0 bridgehead atoms. The van der Waals surface area contributed by atoms with Crippen molar-refractivity contribution in [2.75, 3.05) is 26.4 Å². The Hall–Kier alpha value is 0.260. The number of hydrogen-bond donors (Lipinski definition) is 6. The Bertz CT molecular complexity index is 293. The molecular weight excluding hydrogens is 368 g/mol. The SMILES string of the molecule is CC(S)(S)C(=O)OCCCCOC(=O)C(C)(S)S.OCCO. The van der Waals surface area contributed by atoms with Gasteiger partial charge < -0.3 is 19.7 Å². The van der Waals surface area contributed by atoms with E-state index in [-0.39, 0.29) is 26.4 Å². The van der Waals surface area contributed by atoms with Crippen molar-refractivity contribution < 1.29 is 29.3 Å². The maximum Gasteiger partial charge on any atom is 0.331 e. The number of ether oxygens (including phenoxy) is 2. The Kier molecular flexibility index (Phi) is 14.1. The number of carbonyl (C=O) groups excluding carboxylic acids is 2. The van der Waals surface area contributed by atoms with Gasteiger partial charge in [-0.2, -0.15) is 50.5 Å². The molecule has 0 radical (unpaired) electrons. The number of thiol groups is 4. The third-order valence-corrected chi connectivity index (χ3v) is 2.61. The molecule has 0 rings (SSSR count). The topological polar surface area (TPSA) is 93.1 Å². The number of hydrogen-bond acceptors (Lipinski definition) is 10. The van der Waals surface area contributed by atoms with E-state index in [1.54, 1.807) is 0 Å². The maximum absolute atomic E-state index is 11.3. The monoisotopic (exact) mass is 392 g/mol. The summed E-state index contributed by atoms with van der Waals surface area (Å²) in [4.78, 5) is 22.5. The molecule has 132 valence electrons. The van der Waals surface area contributed by atoms with E-state index in [2.05, 4.69) is 50.5 Å². The lowest BCUT2D eigenvalue weighted by molar-refractivity contribution is -0.146. The molecule has 2 N–H and O–H groups in total. The van der Waals surface area contributed by atoms with Crippen molar-refractivity contribution in [1.29, 1.82) is 0 Å². The Labute approximate surface area is 153 Å². The molecule has 0 spiro atoms. The van der Waals surface area contributed by atoms with E-state index in [1.165, 1.54) is 13.8 Å². The summed E-state index contributed by atoms with van der Waals surface area (Å²) in [5.41, 5.74) is 0. The second kappa shape index (κ2) is 12.7. The molecule has 10 heteroatoms. The third-order valence-electron chi connectivity index (χ3n) is 1.88. The number of carbonyl (C=O) groups is 2. The molecule has 0 saturated carbocycles. The molecule has 0 amide bonds. The molecule has 6 nitrogen and oxygen atoms in total. The lowest BCUT2D eigenvalue weighted by Gasteiger charge is -2.16. The number of rotatable bonds is 8. The molecule has 0 aromatic rings. The lowest BCUT2D eigenvalue weighted by Crippen LogP contribution is -2.26. The molecule has 0 aliphatic rings. The first-order valence-electron chi connectivity index (χ1n) is 6.42. The van der Waals surface area contributed by atoms with Crippen molar-refractivity contribution in [3.8, 4) is 0 Å². The van der Waals surface area contributed by atoms with Crippen LogP contribution in [0.25, 0.3) is 0 Å². The fourth-order valence-corrected chi connectivity index (χ4v) is 1.07. The lowest BCUT2D eigenvalue weighted by atomic mass is 10.3. The first-order chi connectivity index (χ1) is 9.96. The molecule has 0 aliphatic carbocycles. The van der Waals surface area contributed by atoms with Gasteiger partial charge in [-0.15, -0.1) is 0 Å². The van der Waals surface area contributed by atoms with Gasteiger partial charge in [-0.05, 0) is 26.7 Å². The molecule has 0 aromatic heterocycles. The van der Waals surface area contributed by atoms with E-state index in [0.29, 0.717) is 12.8 Å². The van der Waals surface area contributed by atoms with Gasteiger partial charge in [0.05, 0.1) is 26.4 Å². The molecule has 0 fully saturated rings. The fraction of sp³-hybridized carbons (Fsp3) is 0.833. The quantitative estimate of drug-likeness (QED) is 0.160. The van der Waals surface area contributed by atoms with Crippen LogP contribution in [0.3, 0.4) is 0 Å². The second-order valence-electron chi connectivity index (χ2n) is 4.47. The van der Waals surface area contributed by atoms with E-state index in [4.69, 9.17) is 19.7 Å². The van der Waals surface area contributed by atoms with Crippen LogP contribution in [0, 0.1) is 0 Å². The molecule has 0 saturated heterocycles. The van der Waals surface area contributed by atoms with Crippen LogP contribution in [-0.4, -0.2) is 56.7 Å². The van der Waals surface area contributed by atoms with Crippen LogP contribution in [0.15, 0.2) is 0 Å². The highest BCUT2D eigenvalue weighted by Crippen LogP contribution is 2.21. The van der Waals surface area contributed by atoms with Crippen LogP contribution in [0.4, 0.5) is 0 Å². The Morgan fingerprint density at radius 2 is 1.09 bits per heavy atom. The van der Waals surface area contributed by atoms with E-state index < -0.39 is 20.1 Å². The summed E-state index contributed by atoms with van der Waals surface area (Å²) < 4.78 is 7.65. The van der Waals surface area contributed by atoms with Crippen LogP contribution in [0.2, 0.25) is 0 Å². The van der Waals surface area contributed by atoms with Crippen molar-refractivity contribution in [3.05, 3.63) is 0 Å². The predicted octanol–water partition coefficient (Wildman–Crippen LogP) is 0.976. The van der Waals surface area contributed by atoms with Gasteiger partial charge in [0.1, 0.15) is 0 Å². The van der Waals surface area contributed by atoms with Crippen molar-refractivity contribution >= 4 is 62.5 Å². The van der Waals surface area contributed by atoms with E-state index >= 15 is 0 Å². The molecule has 0 atom stereocenters. The number of unbranched alkanes of at least 4 members (excludes halogenated alkanes) is 1. The highest BCUT2D eigenvalue weighted by Gasteiger charge is 2.26. The molecule has 0 heterocycles. The fourth-order valence-electron chi connectivity index (χ4n) is 0.807. The summed E-state index contributed by atoms with van der Waals surface area (Å²) in [6.45, 7) is 3.30. The summed E-state index contributed by atoms with van der Waals surface area (Å²) >= 11 is 15.8. The molecule has 0 aliphatic heterocycles. The van der Waals surface area contributed by atoms with Crippen molar-refractivity contribution in [2.45, 2.75) is 34.8 Å². The zero-order valence-corrected chi connectivity index (χ0v) is 16.1. The van der Waals surface area contributed by atoms with E-state index in [9.17, 15) is 9.59 Å². The van der Waals surface area contributed by atoms with Gasteiger partial charge in [0.15, 0.2) is 8.16 Å². The van der Waals surface area contributed by atoms with Crippen molar-refractivity contribution in [1.82, 2.24) is 0 Å². The first-order valence-corrected chi connectivity index (χ1v) is 8.21. The van der Waals surface area contributed by atoms with Gasteiger partial charge >= 0.3 is 11.9 Å². The third kappa shape index (κ3) is 15.2. The van der Waals surface area contributed by atoms with Gasteiger partial charge in [0.2, 0.25) is 0 Å². The minimum atomic E-state index is -1.09. The number of aliphatic hydroxyl groups is 2.